The van der Waals surface area contributed by atoms with Crippen molar-refractivity contribution in [1.82, 2.24) is 4.98 Å². The third-order valence-electron chi connectivity index (χ3n) is 1.26. The molecule has 0 amide bonds. The van der Waals surface area contributed by atoms with Gasteiger partial charge in [-0.15, -0.1) is 0 Å². The lowest BCUT2D eigenvalue weighted by Crippen LogP contribution is -1.95. The van der Waals surface area contributed by atoms with Gasteiger partial charge in [-0.05, 0) is 6.92 Å². The number of rotatable bonds is 2. The second kappa shape index (κ2) is 2.81. The summed E-state index contributed by atoms with van der Waals surface area (Å²) in [6, 6.07) is 0. The van der Waals surface area contributed by atoms with Gasteiger partial charge in [-0.2, -0.15) is 0 Å². The first kappa shape index (κ1) is 7.24. The smallest absolute Gasteiger partial charge is 0.220 e. The molecule has 56 valence electrons. The monoisotopic (exact) mass is 142 g/mol. The second-order valence-electron chi connectivity index (χ2n) is 1.98. The SMILES string of the molecule is Cc1nc(CO)oc1CN. The molecule has 10 heavy (non-hydrogen) atoms. The molecule has 0 atom stereocenters. The van der Waals surface area contributed by atoms with Crippen molar-refractivity contribution >= 4 is 0 Å². The normalized spacial score (nSPS) is 10.3. The molecule has 0 saturated carbocycles. The lowest BCUT2D eigenvalue weighted by Gasteiger charge is -1.86. The third-order valence-corrected chi connectivity index (χ3v) is 1.26. The van der Waals surface area contributed by atoms with Crippen molar-refractivity contribution < 1.29 is 9.52 Å². The Morgan fingerprint density at radius 1 is 1.70 bits per heavy atom. The summed E-state index contributed by atoms with van der Waals surface area (Å²) in [4.78, 5) is 3.90. The van der Waals surface area contributed by atoms with E-state index in [1.807, 2.05) is 0 Å². The fraction of sp³-hybridized carbons (Fsp3) is 0.500. The number of hydrogen-bond donors (Lipinski definition) is 2. The van der Waals surface area contributed by atoms with E-state index in [0.717, 1.165) is 5.69 Å². The molecule has 0 aliphatic rings. The van der Waals surface area contributed by atoms with Crippen molar-refractivity contribution in [1.29, 1.82) is 0 Å². The van der Waals surface area contributed by atoms with Gasteiger partial charge in [-0.3, -0.25) is 0 Å². The van der Waals surface area contributed by atoms with Gasteiger partial charge in [0.25, 0.3) is 0 Å². The summed E-state index contributed by atoms with van der Waals surface area (Å²) in [5.41, 5.74) is 6.06. The van der Waals surface area contributed by atoms with Gasteiger partial charge in [0.2, 0.25) is 5.89 Å². The number of nitrogens with two attached hydrogens (primary N) is 1. The van der Waals surface area contributed by atoms with Crippen molar-refractivity contribution in [3.8, 4) is 0 Å². The number of aryl methyl sites for hydroxylation is 1. The predicted molar refractivity (Wildman–Crippen MR) is 35.1 cm³/mol. The summed E-state index contributed by atoms with van der Waals surface area (Å²) in [5, 5.41) is 8.57. The van der Waals surface area contributed by atoms with Crippen LogP contribution in [0.4, 0.5) is 0 Å². The van der Waals surface area contributed by atoms with E-state index < -0.39 is 0 Å². The zero-order chi connectivity index (χ0) is 7.56. The molecule has 0 radical (unpaired) electrons. The molecule has 0 aliphatic heterocycles. The van der Waals surface area contributed by atoms with E-state index in [4.69, 9.17) is 15.3 Å². The van der Waals surface area contributed by atoms with E-state index in [9.17, 15) is 0 Å². The van der Waals surface area contributed by atoms with Crippen molar-refractivity contribution in [3.05, 3.63) is 17.3 Å². The zero-order valence-corrected chi connectivity index (χ0v) is 5.79. The highest BCUT2D eigenvalue weighted by Gasteiger charge is 2.05. The maximum Gasteiger partial charge on any atom is 0.220 e. The number of aromatic nitrogens is 1. The summed E-state index contributed by atoms with van der Waals surface area (Å²) in [6.45, 7) is 1.96. The Morgan fingerprint density at radius 2 is 2.40 bits per heavy atom. The van der Waals surface area contributed by atoms with Crippen LogP contribution in [0.1, 0.15) is 17.3 Å². The van der Waals surface area contributed by atoms with E-state index in [-0.39, 0.29) is 6.61 Å². The topological polar surface area (TPSA) is 72.3 Å². The number of nitrogens with zero attached hydrogens (tertiary/aromatic N) is 1. The van der Waals surface area contributed by atoms with Crippen LogP contribution in [0.3, 0.4) is 0 Å². The van der Waals surface area contributed by atoms with Gasteiger partial charge in [0, 0.05) is 0 Å². The highest BCUT2D eigenvalue weighted by molar-refractivity contribution is 5.06. The van der Waals surface area contributed by atoms with Crippen LogP contribution >= 0.6 is 0 Å². The molecule has 0 bridgehead atoms. The van der Waals surface area contributed by atoms with Crippen LogP contribution < -0.4 is 5.73 Å². The van der Waals surface area contributed by atoms with Crippen molar-refractivity contribution in [3.63, 3.8) is 0 Å². The minimum Gasteiger partial charge on any atom is -0.442 e. The lowest BCUT2D eigenvalue weighted by atomic mass is 10.4. The highest BCUT2D eigenvalue weighted by atomic mass is 16.4. The minimum atomic E-state index is -0.166. The first-order chi connectivity index (χ1) is 4.77. The van der Waals surface area contributed by atoms with Crippen LogP contribution in [0.15, 0.2) is 4.42 Å². The molecule has 1 aromatic rings. The molecular formula is C6H10N2O2. The Balaban J connectivity index is 2.92. The summed E-state index contributed by atoms with van der Waals surface area (Å²) in [6.07, 6.45) is 0. The van der Waals surface area contributed by atoms with E-state index in [2.05, 4.69) is 4.98 Å². The Bertz CT molecular complexity index is 220. The summed E-state index contributed by atoms with van der Waals surface area (Å²) in [7, 11) is 0. The maximum atomic E-state index is 8.57. The number of aliphatic hydroxyl groups excluding tert-OH is 1. The van der Waals surface area contributed by atoms with Crippen molar-refractivity contribution in [2.24, 2.45) is 5.73 Å². The maximum absolute atomic E-state index is 8.57. The molecule has 0 aromatic carbocycles. The van der Waals surface area contributed by atoms with Gasteiger partial charge in [0.05, 0.1) is 12.2 Å². The molecule has 0 saturated heterocycles. The van der Waals surface area contributed by atoms with Gasteiger partial charge < -0.3 is 15.3 Å². The molecule has 3 N–H and O–H groups in total. The van der Waals surface area contributed by atoms with Gasteiger partial charge in [-0.25, -0.2) is 4.98 Å². The molecule has 0 spiro atoms. The summed E-state index contributed by atoms with van der Waals surface area (Å²) in [5.74, 6) is 0.974. The molecule has 1 heterocycles. The minimum absolute atomic E-state index is 0.166. The average Bonchev–Trinajstić information content (AvgIpc) is 2.30. The van der Waals surface area contributed by atoms with E-state index in [1.54, 1.807) is 6.92 Å². The van der Waals surface area contributed by atoms with Crippen molar-refractivity contribution in [2.75, 3.05) is 0 Å². The Labute approximate surface area is 58.7 Å². The number of aliphatic hydroxyl groups is 1. The van der Waals surface area contributed by atoms with Gasteiger partial charge in [0.15, 0.2) is 0 Å². The van der Waals surface area contributed by atoms with Crippen molar-refractivity contribution in [2.45, 2.75) is 20.1 Å². The standard InChI is InChI=1S/C6H10N2O2/c1-4-5(2-7)10-6(3-9)8-4/h9H,2-3,7H2,1H3. The Morgan fingerprint density at radius 3 is 2.70 bits per heavy atom. The van der Waals surface area contributed by atoms with E-state index in [1.165, 1.54) is 0 Å². The molecule has 0 unspecified atom stereocenters. The molecule has 0 fully saturated rings. The van der Waals surface area contributed by atoms with Crippen LogP contribution in [-0.2, 0) is 13.2 Å². The fourth-order valence-electron chi connectivity index (χ4n) is 0.745. The molecule has 0 aliphatic carbocycles. The van der Waals surface area contributed by atoms with Crippen LogP contribution in [0, 0.1) is 6.92 Å². The third kappa shape index (κ3) is 1.17. The van der Waals surface area contributed by atoms with Crippen LogP contribution in [0.25, 0.3) is 0 Å². The molecule has 1 aromatic heterocycles. The summed E-state index contributed by atoms with van der Waals surface area (Å²) >= 11 is 0. The average molecular weight is 142 g/mol. The number of hydrogen-bond acceptors (Lipinski definition) is 4. The molecule has 4 nitrogen and oxygen atoms in total. The van der Waals surface area contributed by atoms with Crippen LogP contribution in [0.5, 0.6) is 0 Å². The van der Waals surface area contributed by atoms with Crippen LogP contribution in [-0.4, -0.2) is 10.1 Å². The Kier molecular flexibility index (Phi) is 2.03. The Hall–Kier alpha value is -0.870. The van der Waals surface area contributed by atoms with Gasteiger partial charge >= 0.3 is 0 Å². The fourth-order valence-corrected chi connectivity index (χ4v) is 0.745. The first-order valence-corrected chi connectivity index (χ1v) is 3.04. The van der Waals surface area contributed by atoms with Gasteiger partial charge in [-0.1, -0.05) is 0 Å². The van der Waals surface area contributed by atoms with Gasteiger partial charge in [0.1, 0.15) is 12.4 Å². The first-order valence-electron chi connectivity index (χ1n) is 3.04. The molecular weight excluding hydrogens is 132 g/mol. The van der Waals surface area contributed by atoms with E-state index in [0.29, 0.717) is 18.2 Å². The predicted octanol–water partition coefficient (Wildman–Crippen LogP) is -0.0660. The summed E-state index contributed by atoms with van der Waals surface area (Å²) < 4.78 is 5.03. The second-order valence-corrected chi connectivity index (χ2v) is 1.98. The number of oxazole rings is 1. The largest absolute Gasteiger partial charge is 0.442 e. The van der Waals surface area contributed by atoms with E-state index >= 15 is 0 Å². The highest BCUT2D eigenvalue weighted by Crippen LogP contribution is 2.08. The lowest BCUT2D eigenvalue weighted by molar-refractivity contribution is 0.236. The quantitative estimate of drug-likeness (QED) is 0.606. The van der Waals surface area contributed by atoms with Crippen LogP contribution in [0.2, 0.25) is 0 Å². The zero-order valence-electron chi connectivity index (χ0n) is 5.79. The molecule has 4 heteroatoms. The molecule has 1 rings (SSSR count).